The number of nitrogens with one attached hydrogen (secondary N) is 1. The van der Waals surface area contributed by atoms with Crippen LogP contribution in [0.5, 0.6) is 0 Å². The fourth-order valence-corrected chi connectivity index (χ4v) is 6.30. The maximum absolute atomic E-state index is 13.1. The minimum absolute atomic E-state index is 0.0193. The lowest BCUT2D eigenvalue weighted by Gasteiger charge is -2.12. The van der Waals surface area contributed by atoms with E-state index in [-0.39, 0.29) is 43.0 Å². The smallest absolute Gasteiger partial charge is 0.352 e. The van der Waals surface area contributed by atoms with Gasteiger partial charge in [0.2, 0.25) is 5.91 Å². The van der Waals surface area contributed by atoms with Crippen LogP contribution in [0.25, 0.3) is 20.2 Å². The van der Waals surface area contributed by atoms with E-state index in [0.717, 1.165) is 25.7 Å². The molecule has 0 bridgehead atoms. The third kappa shape index (κ3) is 6.95. The second-order valence-corrected chi connectivity index (χ2v) is 13.1. The zero-order valence-electron chi connectivity index (χ0n) is 23.9. The van der Waals surface area contributed by atoms with Crippen molar-refractivity contribution in [2.45, 2.75) is 56.9 Å². The fourth-order valence-electron chi connectivity index (χ4n) is 4.51. The standard InChI is InChI=1S/C31H29N3O8S2/c1-19(2)21-9-12-26-24(17-21)31(23-5-3-4-6-25(23)43-26)33-42-44(39,40)22-10-7-20(8-11-22)18-32-27(35)13-16-30(38)41-34-28(36)14-15-29(34)37/h3-12,17,19H,13-16,18H2,1-2H3,(H,32,35)/b33-31+. The normalized spacial score (nSPS) is 14.1. The summed E-state index contributed by atoms with van der Waals surface area (Å²) >= 11 is 1.59. The quantitative estimate of drug-likeness (QED) is 0.153. The topological polar surface area (TPSA) is 149 Å². The second-order valence-electron chi connectivity index (χ2n) is 10.4. The maximum Gasteiger partial charge on any atom is 0.358 e. The molecule has 11 nitrogen and oxygen atoms in total. The third-order valence-electron chi connectivity index (χ3n) is 6.97. The Hall–Kier alpha value is -4.62. The van der Waals surface area contributed by atoms with Gasteiger partial charge in [-0.15, -0.1) is 16.4 Å². The number of imide groups is 1. The lowest BCUT2D eigenvalue weighted by molar-refractivity contribution is -0.197. The number of amides is 3. The lowest BCUT2D eigenvalue weighted by Crippen LogP contribution is -2.32. The molecule has 44 heavy (non-hydrogen) atoms. The first-order chi connectivity index (χ1) is 21.0. The Bertz CT molecular complexity index is 1930. The predicted molar refractivity (Wildman–Crippen MR) is 162 cm³/mol. The van der Waals surface area contributed by atoms with Crippen LogP contribution in [0.2, 0.25) is 0 Å². The number of carbonyl (C=O) groups excluding carboxylic acids is 4. The van der Waals surface area contributed by atoms with Crippen molar-refractivity contribution < 1.29 is 36.7 Å². The first-order valence-corrected chi connectivity index (χ1v) is 16.1. The molecule has 1 fully saturated rings. The number of hydrogen-bond donors (Lipinski definition) is 1. The minimum atomic E-state index is -4.26. The molecule has 1 saturated heterocycles. The molecule has 4 aromatic rings. The predicted octanol–water partition coefficient (Wildman–Crippen LogP) is 4.40. The zero-order chi connectivity index (χ0) is 31.4. The Morgan fingerprint density at radius 3 is 2.32 bits per heavy atom. The first-order valence-electron chi connectivity index (χ1n) is 13.9. The average Bonchev–Trinajstić information content (AvgIpc) is 3.33. The van der Waals surface area contributed by atoms with Crippen LogP contribution in [0.15, 0.2) is 76.8 Å². The number of hydrogen-bond acceptors (Lipinski definition) is 10. The van der Waals surface area contributed by atoms with Gasteiger partial charge >= 0.3 is 16.1 Å². The summed E-state index contributed by atoms with van der Waals surface area (Å²) in [6.07, 6.45) is -0.589. The second kappa shape index (κ2) is 12.9. The van der Waals surface area contributed by atoms with Gasteiger partial charge in [-0.05, 0) is 47.4 Å². The molecule has 0 atom stereocenters. The molecule has 13 heteroatoms. The van der Waals surface area contributed by atoms with Crippen LogP contribution in [0.4, 0.5) is 0 Å². The van der Waals surface area contributed by atoms with Crippen LogP contribution >= 0.6 is 11.3 Å². The number of fused-ring (bicyclic) bond motifs is 2. The van der Waals surface area contributed by atoms with E-state index in [2.05, 4.69) is 30.4 Å². The van der Waals surface area contributed by atoms with Crippen molar-refractivity contribution in [1.82, 2.24) is 10.4 Å². The van der Waals surface area contributed by atoms with Crippen molar-refractivity contribution in [3.63, 3.8) is 0 Å². The number of hydroxylamine groups is 2. The Morgan fingerprint density at radius 2 is 1.61 bits per heavy atom. The van der Waals surface area contributed by atoms with Crippen molar-refractivity contribution in [2.24, 2.45) is 5.16 Å². The van der Waals surface area contributed by atoms with Crippen molar-refractivity contribution >= 4 is 65.3 Å². The monoisotopic (exact) mass is 635 g/mol. The molecule has 1 N–H and O–H groups in total. The molecule has 0 spiro atoms. The highest BCUT2D eigenvalue weighted by atomic mass is 32.2. The zero-order valence-corrected chi connectivity index (χ0v) is 25.6. The molecule has 1 aliphatic rings. The highest BCUT2D eigenvalue weighted by Crippen LogP contribution is 2.27. The van der Waals surface area contributed by atoms with Crippen molar-refractivity contribution in [3.8, 4) is 0 Å². The summed E-state index contributed by atoms with van der Waals surface area (Å²) in [4.78, 5) is 51.8. The van der Waals surface area contributed by atoms with E-state index in [9.17, 15) is 27.6 Å². The molecule has 1 aromatic heterocycles. The summed E-state index contributed by atoms with van der Waals surface area (Å²) in [5, 5.41) is 9.21. The van der Waals surface area contributed by atoms with Gasteiger partial charge in [0.1, 0.15) is 10.3 Å². The Labute approximate surface area is 257 Å². The van der Waals surface area contributed by atoms with Gasteiger partial charge in [-0.2, -0.15) is 8.42 Å². The first kappa shape index (κ1) is 30.8. The summed E-state index contributed by atoms with van der Waals surface area (Å²) in [5.74, 6) is -2.27. The summed E-state index contributed by atoms with van der Waals surface area (Å²) in [6, 6.07) is 19.4. The van der Waals surface area contributed by atoms with Gasteiger partial charge in [-0.25, -0.2) is 4.79 Å². The number of carbonyl (C=O) groups is 4. The lowest BCUT2D eigenvalue weighted by atomic mass is 10.0. The Balaban J connectivity index is 1.24. The van der Waals surface area contributed by atoms with Gasteiger partial charge in [0, 0.05) is 46.0 Å². The van der Waals surface area contributed by atoms with Gasteiger partial charge in [-0.3, -0.25) is 18.7 Å². The van der Waals surface area contributed by atoms with Crippen molar-refractivity contribution in [1.29, 1.82) is 0 Å². The molecular formula is C31H29N3O8S2. The molecule has 5 rings (SSSR count). The highest BCUT2D eigenvalue weighted by molar-refractivity contribution is 7.86. The number of benzene rings is 3. The molecule has 2 heterocycles. The van der Waals surface area contributed by atoms with Crippen LogP contribution in [0, 0.1) is 0 Å². The van der Waals surface area contributed by atoms with Gasteiger partial charge in [-0.1, -0.05) is 55.4 Å². The van der Waals surface area contributed by atoms with Crippen LogP contribution in [0.3, 0.4) is 0 Å². The fraction of sp³-hybridized carbons (Fsp3) is 0.258. The van der Waals surface area contributed by atoms with E-state index in [0.29, 0.717) is 16.0 Å². The summed E-state index contributed by atoms with van der Waals surface area (Å²) < 4.78 is 33.3. The molecule has 1 aliphatic heterocycles. The molecule has 3 amide bonds. The van der Waals surface area contributed by atoms with Gasteiger partial charge in [0.15, 0.2) is 0 Å². The largest absolute Gasteiger partial charge is 0.358 e. The summed E-state index contributed by atoms with van der Waals surface area (Å²) in [6.45, 7) is 4.24. The number of rotatable bonds is 10. The van der Waals surface area contributed by atoms with E-state index in [4.69, 9.17) is 9.12 Å². The van der Waals surface area contributed by atoms with E-state index in [1.165, 1.54) is 24.3 Å². The van der Waals surface area contributed by atoms with Gasteiger partial charge in [0.05, 0.1) is 6.42 Å². The maximum atomic E-state index is 13.1. The van der Waals surface area contributed by atoms with E-state index in [1.807, 2.05) is 36.4 Å². The molecule has 228 valence electrons. The minimum Gasteiger partial charge on any atom is -0.352 e. The van der Waals surface area contributed by atoms with Crippen LogP contribution in [-0.4, -0.2) is 37.2 Å². The molecule has 0 unspecified atom stereocenters. The SMILES string of the molecule is CC(C)c1ccc2sc3ccccc3/c(=N\OS(=O)(=O)c3ccc(CNC(=O)CCC(=O)ON4C(=O)CCC4=O)cc3)c2c1. The highest BCUT2D eigenvalue weighted by Gasteiger charge is 2.32. The average molecular weight is 636 g/mol. The molecule has 0 radical (unpaired) electrons. The molecule has 0 aliphatic carbocycles. The van der Waals surface area contributed by atoms with E-state index < -0.39 is 33.8 Å². The van der Waals surface area contributed by atoms with E-state index in [1.54, 1.807) is 11.3 Å². The van der Waals surface area contributed by atoms with E-state index >= 15 is 0 Å². The van der Waals surface area contributed by atoms with Crippen LogP contribution < -0.4 is 10.7 Å². The molecular weight excluding hydrogens is 606 g/mol. The Kier molecular flexibility index (Phi) is 9.06. The van der Waals surface area contributed by atoms with Gasteiger partial charge < -0.3 is 10.2 Å². The van der Waals surface area contributed by atoms with Gasteiger partial charge in [0.25, 0.3) is 11.8 Å². The summed E-state index contributed by atoms with van der Waals surface area (Å²) in [7, 11) is -4.26. The molecule has 0 saturated carbocycles. The third-order valence-corrected chi connectivity index (χ3v) is 9.24. The Morgan fingerprint density at radius 1 is 0.932 bits per heavy atom. The molecule has 3 aromatic carbocycles. The van der Waals surface area contributed by atoms with Crippen LogP contribution in [-0.2, 0) is 45.0 Å². The van der Waals surface area contributed by atoms with Crippen LogP contribution in [0.1, 0.15) is 56.6 Å². The number of nitrogens with zero attached hydrogens (tertiary/aromatic N) is 2. The van der Waals surface area contributed by atoms with Crippen molar-refractivity contribution in [2.75, 3.05) is 0 Å². The van der Waals surface area contributed by atoms with Crippen molar-refractivity contribution in [3.05, 3.63) is 83.2 Å². The summed E-state index contributed by atoms with van der Waals surface area (Å²) in [5.41, 5.74) is 1.70.